The van der Waals surface area contributed by atoms with Crippen LogP contribution >= 0.6 is 11.3 Å². The van der Waals surface area contributed by atoms with Crippen LogP contribution in [-0.2, 0) is 11.2 Å². The smallest absolute Gasteiger partial charge is 0.272 e. The number of carbonyl (C=O) groups is 2. The SMILES string of the molecule is CC(C)NC(=O)C1(Cc2ccc(-c3cccs3)cc2)CCN(C(=O)c2ccccn2)CC1. The second-order valence-corrected chi connectivity index (χ2v) is 9.71. The number of thiophene rings is 1. The molecule has 1 aliphatic heterocycles. The van der Waals surface area contributed by atoms with Crippen molar-refractivity contribution in [1.29, 1.82) is 0 Å². The Labute approximate surface area is 193 Å². The molecule has 1 N–H and O–H groups in total. The Morgan fingerprint density at radius 2 is 1.81 bits per heavy atom. The molecule has 1 saturated heterocycles. The molecule has 0 aliphatic carbocycles. The van der Waals surface area contributed by atoms with Crippen molar-refractivity contribution in [2.45, 2.75) is 39.2 Å². The minimum absolute atomic E-state index is 0.0660. The fourth-order valence-electron chi connectivity index (χ4n) is 4.31. The second-order valence-electron chi connectivity index (χ2n) is 8.77. The van der Waals surface area contributed by atoms with Gasteiger partial charge in [-0.05, 0) is 67.8 Å². The Morgan fingerprint density at radius 3 is 2.41 bits per heavy atom. The van der Waals surface area contributed by atoms with Crippen molar-refractivity contribution in [1.82, 2.24) is 15.2 Å². The van der Waals surface area contributed by atoms with Gasteiger partial charge < -0.3 is 10.2 Å². The summed E-state index contributed by atoms with van der Waals surface area (Å²) in [6, 6.07) is 18.1. The number of benzene rings is 1. The molecule has 6 heteroatoms. The zero-order valence-corrected chi connectivity index (χ0v) is 19.4. The van der Waals surface area contributed by atoms with Crippen LogP contribution in [0, 0.1) is 5.41 Å². The van der Waals surface area contributed by atoms with E-state index in [0.29, 0.717) is 38.0 Å². The lowest BCUT2D eigenvalue weighted by molar-refractivity contribution is -0.134. The summed E-state index contributed by atoms with van der Waals surface area (Å²) in [5.41, 5.74) is 2.28. The molecule has 2 amide bonds. The highest BCUT2D eigenvalue weighted by Gasteiger charge is 2.42. The summed E-state index contributed by atoms with van der Waals surface area (Å²) < 4.78 is 0. The molecule has 0 unspecified atom stereocenters. The summed E-state index contributed by atoms with van der Waals surface area (Å²) in [7, 11) is 0. The largest absolute Gasteiger partial charge is 0.353 e. The maximum Gasteiger partial charge on any atom is 0.272 e. The van der Waals surface area contributed by atoms with Gasteiger partial charge in [0.05, 0.1) is 5.41 Å². The minimum atomic E-state index is -0.518. The molecule has 0 bridgehead atoms. The molecule has 32 heavy (non-hydrogen) atoms. The number of carbonyl (C=O) groups excluding carboxylic acids is 2. The molecule has 0 saturated carbocycles. The fourth-order valence-corrected chi connectivity index (χ4v) is 5.04. The molecule has 1 aliphatic rings. The molecule has 1 aromatic carbocycles. The van der Waals surface area contributed by atoms with E-state index in [2.05, 4.69) is 52.1 Å². The van der Waals surface area contributed by atoms with E-state index in [9.17, 15) is 9.59 Å². The van der Waals surface area contributed by atoms with E-state index in [-0.39, 0.29) is 17.9 Å². The summed E-state index contributed by atoms with van der Waals surface area (Å²) in [6.45, 7) is 5.07. The fraction of sp³-hybridized carbons (Fsp3) is 0.346. The Balaban J connectivity index is 1.51. The molecule has 1 fully saturated rings. The Morgan fingerprint density at radius 1 is 1.06 bits per heavy atom. The van der Waals surface area contributed by atoms with Crippen LogP contribution in [0.25, 0.3) is 10.4 Å². The molecule has 0 radical (unpaired) electrons. The Bertz CT molecular complexity index is 1040. The van der Waals surface area contributed by atoms with Gasteiger partial charge in [0.25, 0.3) is 5.91 Å². The first-order valence-corrected chi connectivity index (χ1v) is 12.0. The summed E-state index contributed by atoms with van der Waals surface area (Å²) in [6.07, 6.45) is 3.58. The molecule has 3 heterocycles. The Kier molecular flexibility index (Phi) is 6.70. The maximum absolute atomic E-state index is 13.3. The zero-order chi connectivity index (χ0) is 22.6. The molecule has 5 nitrogen and oxygen atoms in total. The first-order chi connectivity index (χ1) is 15.5. The normalized spacial score (nSPS) is 15.5. The highest BCUT2D eigenvalue weighted by Crippen LogP contribution is 2.37. The van der Waals surface area contributed by atoms with Gasteiger partial charge in [0.1, 0.15) is 5.69 Å². The lowest BCUT2D eigenvalue weighted by Gasteiger charge is -2.41. The monoisotopic (exact) mass is 447 g/mol. The third kappa shape index (κ3) is 4.91. The number of amides is 2. The summed E-state index contributed by atoms with van der Waals surface area (Å²) >= 11 is 1.72. The van der Waals surface area contributed by atoms with Gasteiger partial charge in [0.15, 0.2) is 0 Å². The van der Waals surface area contributed by atoms with Crippen LogP contribution in [0.2, 0.25) is 0 Å². The third-order valence-electron chi connectivity index (χ3n) is 6.10. The van der Waals surface area contributed by atoms with E-state index in [1.807, 2.05) is 24.8 Å². The van der Waals surface area contributed by atoms with Gasteiger partial charge in [-0.1, -0.05) is 36.4 Å². The summed E-state index contributed by atoms with van der Waals surface area (Å²) in [4.78, 5) is 33.4. The average Bonchev–Trinajstić information content (AvgIpc) is 3.35. The first-order valence-electron chi connectivity index (χ1n) is 11.1. The van der Waals surface area contributed by atoms with Crippen molar-refractivity contribution >= 4 is 23.2 Å². The van der Waals surface area contributed by atoms with Crippen LogP contribution in [0.4, 0.5) is 0 Å². The molecule has 2 aromatic heterocycles. The standard InChI is InChI=1S/C26H29N3O2S/c1-19(2)28-25(31)26(18-20-8-10-21(11-9-20)23-7-5-17-32-23)12-15-29(16-13-26)24(30)22-6-3-4-14-27-22/h3-11,14,17,19H,12-13,15-16,18H2,1-2H3,(H,28,31). The second kappa shape index (κ2) is 9.65. The molecule has 0 atom stereocenters. The predicted octanol–water partition coefficient (Wildman–Crippen LogP) is 4.80. The predicted molar refractivity (Wildman–Crippen MR) is 129 cm³/mol. The van der Waals surface area contributed by atoms with E-state index in [0.717, 1.165) is 5.56 Å². The van der Waals surface area contributed by atoms with Crippen LogP contribution in [0.1, 0.15) is 42.7 Å². The molecule has 4 rings (SSSR count). The van der Waals surface area contributed by atoms with E-state index in [1.165, 1.54) is 10.4 Å². The van der Waals surface area contributed by atoms with Crippen molar-refractivity contribution in [3.63, 3.8) is 0 Å². The summed E-state index contributed by atoms with van der Waals surface area (Å²) in [5, 5.41) is 5.21. The number of aromatic nitrogens is 1. The number of nitrogens with zero attached hydrogens (tertiary/aromatic N) is 2. The number of pyridine rings is 1. The molecular formula is C26H29N3O2S. The minimum Gasteiger partial charge on any atom is -0.353 e. The van der Waals surface area contributed by atoms with Crippen LogP contribution < -0.4 is 5.32 Å². The van der Waals surface area contributed by atoms with Gasteiger partial charge in [-0.3, -0.25) is 14.6 Å². The average molecular weight is 448 g/mol. The van der Waals surface area contributed by atoms with E-state index < -0.39 is 5.41 Å². The molecule has 3 aromatic rings. The highest BCUT2D eigenvalue weighted by molar-refractivity contribution is 7.13. The number of piperidine rings is 1. The van der Waals surface area contributed by atoms with Gasteiger partial charge in [0, 0.05) is 30.2 Å². The maximum atomic E-state index is 13.3. The number of hydrogen-bond donors (Lipinski definition) is 1. The van der Waals surface area contributed by atoms with Crippen molar-refractivity contribution in [2.75, 3.05) is 13.1 Å². The quantitative estimate of drug-likeness (QED) is 0.590. The van der Waals surface area contributed by atoms with Gasteiger partial charge in [-0.15, -0.1) is 11.3 Å². The van der Waals surface area contributed by atoms with Gasteiger partial charge in [-0.25, -0.2) is 0 Å². The van der Waals surface area contributed by atoms with E-state index in [1.54, 1.807) is 29.7 Å². The first kappa shape index (κ1) is 22.2. The van der Waals surface area contributed by atoms with E-state index in [4.69, 9.17) is 0 Å². The number of rotatable bonds is 6. The van der Waals surface area contributed by atoms with Crippen LogP contribution in [0.15, 0.2) is 66.2 Å². The van der Waals surface area contributed by atoms with Crippen LogP contribution in [0.5, 0.6) is 0 Å². The van der Waals surface area contributed by atoms with Crippen molar-refractivity contribution in [2.24, 2.45) is 5.41 Å². The van der Waals surface area contributed by atoms with E-state index >= 15 is 0 Å². The lowest BCUT2D eigenvalue weighted by Crippen LogP contribution is -2.52. The van der Waals surface area contributed by atoms with Crippen LogP contribution in [-0.4, -0.2) is 40.8 Å². The Hall–Kier alpha value is -2.99. The number of nitrogens with one attached hydrogen (secondary N) is 1. The van der Waals surface area contributed by atoms with Crippen molar-refractivity contribution < 1.29 is 9.59 Å². The number of hydrogen-bond acceptors (Lipinski definition) is 4. The molecule has 0 spiro atoms. The summed E-state index contributed by atoms with van der Waals surface area (Å²) in [5.74, 6) is 0.0172. The lowest BCUT2D eigenvalue weighted by atomic mass is 9.72. The van der Waals surface area contributed by atoms with Gasteiger partial charge >= 0.3 is 0 Å². The molecular weight excluding hydrogens is 418 g/mol. The topological polar surface area (TPSA) is 62.3 Å². The molecule has 166 valence electrons. The van der Waals surface area contributed by atoms with Crippen LogP contribution in [0.3, 0.4) is 0 Å². The highest BCUT2D eigenvalue weighted by atomic mass is 32.1. The van der Waals surface area contributed by atoms with Crippen molar-refractivity contribution in [3.05, 3.63) is 77.4 Å². The van der Waals surface area contributed by atoms with Crippen molar-refractivity contribution in [3.8, 4) is 10.4 Å². The zero-order valence-electron chi connectivity index (χ0n) is 18.6. The van der Waals surface area contributed by atoms with Gasteiger partial charge in [-0.2, -0.15) is 0 Å². The third-order valence-corrected chi connectivity index (χ3v) is 7.01. The van der Waals surface area contributed by atoms with Gasteiger partial charge in [0.2, 0.25) is 5.91 Å². The number of likely N-dealkylation sites (tertiary alicyclic amines) is 1.